The quantitative estimate of drug-likeness (QED) is 0.653. The van der Waals surface area contributed by atoms with Crippen molar-refractivity contribution in [2.24, 2.45) is 0 Å². The maximum absolute atomic E-state index is 10.9. The van der Waals surface area contributed by atoms with Gasteiger partial charge in [0, 0.05) is 19.0 Å². The summed E-state index contributed by atoms with van der Waals surface area (Å²) in [5, 5.41) is 6.28. The molecule has 0 unspecified atom stereocenters. The molecule has 1 heterocycles. The number of hydrogen-bond donors (Lipinski definition) is 2. The molecule has 12 heavy (non-hydrogen) atoms. The van der Waals surface area contributed by atoms with Crippen LogP contribution >= 0.6 is 0 Å². The van der Waals surface area contributed by atoms with E-state index in [1.54, 1.807) is 0 Å². The van der Waals surface area contributed by atoms with Crippen LogP contribution < -0.4 is 10.6 Å². The van der Waals surface area contributed by atoms with E-state index in [0.29, 0.717) is 12.5 Å². The number of nitrogens with one attached hydrogen (secondary N) is 2. The predicted molar refractivity (Wildman–Crippen MR) is 48.9 cm³/mol. The van der Waals surface area contributed by atoms with E-state index in [4.69, 9.17) is 0 Å². The van der Waals surface area contributed by atoms with Crippen LogP contribution in [0.3, 0.4) is 0 Å². The Morgan fingerprint density at radius 1 is 1.58 bits per heavy atom. The first-order valence-electron chi connectivity index (χ1n) is 4.83. The third-order valence-corrected chi connectivity index (χ3v) is 2.28. The lowest BCUT2D eigenvalue weighted by atomic mass is 10.1. The molecule has 2 N–H and O–H groups in total. The summed E-state index contributed by atoms with van der Waals surface area (Å²) >= 11 is 0. The molecule has 0 spiro atoms. The van der Waals surface area contributed by atoms with Crippen molar-refractivity contribution >= 4 is 5.91 Å². The fraction of sp³-hybridized carbons (Fsp3) is 0.889. The zero-order chi connectivity index (χ0) is 8.81. The SMILES string of the molecule is CCC(=O)NC[C@@H]1CCCCN1. The smallest absolute Gasteiger partial charge is 0.219 e. The van der Waals surface area contributed by atoms with Crippen LogP contribution in [0.1, 0.15) is 32.6 Å². The average Bonchev–Trinajstić information content (AvgIpc) is 2.16. The van der Waals surface area contributed by atoms with Gasteiger partial charge in [0.2, 0.25) is 5.91 Å². The summed E-state index contributed by atoms with van der Waals surface area (Å²) in [5.41, 5.74) is 0. The molecule has 1 amide bonds. The number of amides is 1. The highest BCUT2D eigenvalue weighted by Gasteiger charge is 2.12. The van der Waals surface area contributed by atoms with E-state index >= 15 is 0 Å². The van der Waals surface area contributed by atoms with Gasteiger partial charge in [-0.3, -0.25) is 4.79 Å². The highest BCUT2D eigenvalue weighted by molar-refractivity contribution is 5.75. The summed E-state index contributed by atoms with van der Waals surface area (Å²) < 4.78 is 0. The van der Waals surface area contributed by atoms with Crippen LogP contribution in [0.5, 0.6) is 0 Å². The molecular formula is C9H18N2O. The van der Waals surface area contributed by atoms with Crippen LogP contribution in [-0.4, -0.2) is 25.0 Å². The first-order valence-corrected chi connectivity index (χ1v) is 4.83. The van der Waals surface area contributed by atoms with Crippen molar-refractivity contribution < 1.29 is 4.79 Å². The van der Waals surface area contributed by atoms with Crippen LogP contribution in [0.4, 0.5) is 0 Å². The molecule has 1 aliphatic heterocycles. The topological polar surface area (TPSA) is 41.1 Å². The van der Waals surface area contributed by atoms with Gasteiger partial charge in [0.25, 0.3) is 0 Å². The molecule has 0 saturated carbocycles. The summed E-state index contributed by atoms with van der Waals surface area (Å²) in [5.74, 6) is 0.155. The Morgan fingerprint density at radius 2 is 2.42 bits per heavy atom. The fourth-order valence-electron chi connectivity index (χ4n) is 1.46. The number of carbonyl (C=O) groups excluding carboxylic acids is 1. The molecule has 3 nitrogen and oxygen atoms in total. The Morgan fingerprint density at radius 3 is 3.00 bits per heavy atom. The van der Waals surface area contributed by atoms with E-state index in [0.717, 1.165) is 13.1 Å². The minimum Gasteiger partial charge on any atom is -0.355 e. The summed E-state index contributed by atoms with van der Waals surface area (Å²) in [6, 6.07) is 0.509. The number of rotatable bonds is 3. The molecule has 0 aliphatic carbocycles. The molecule has 1 saturated heterocycles. The Balaban J connectivity index is 2.09. The molecule has 0 radical (unpaired) electrons. The van der Waals surface area contributed by atoms with E-state index in [1.807, 2.05) is 6.92 Å². The van der Waals surface area contributed by atoms with Gasteiger partial charge in [0.05, 0.1) is 0 Å². The summed E-state index contributed by atoms with van der Waals surface area (Å²) in [6.45, 7) is 3.78. The van der Waals surface area contributed by atoms with Gasteiger partial charge in [-0.05, 0) is 19.4 Å². The number of hydrogen-bond acceptors (Lipinski definition) is 2. The van der Waals surface area contributed by atoms with Crippen LogP contribution in [0.2, 0.25) is 0 Å². The van der Waals surface area contributed by atoms with E-state index in [1.165, 1.54) is 19.3 Å². The minimum absolute atomic E-state index is 0.155. The van der Waals surface area contributed by atoms with E-state index in [2.05, 4.69) is 10.6 Å². The molecule has 1 aliphatic rings. The zero-order valence-electron chi connectivity index (χ0n) is 7.73. The first-order chi connectivity index (χ1) is 5.83. The third kappa shape index (κ3) is 3.22. The number of carbonyl (C=O) groups is 1. The predicted octanol–water partition coefficient (Wildman–Crippen LogP) is 0.655. The second-order valence-corrected chi connectivity index (χ2v) is 3.30. The minimum atomic E-state index is 0.155. The van der Waals surface area contributed by atoms with Crippen molar-refractivity contribution in [3.8, 4) is 0 Å². The second-order valence-electron chi connectivity index (χ2n) is 3.30. The molecule has 1 fully saturated rings. The van der Waals surface area contributed by atoms with Crippen molar-refractivity contribution in [1.82, 2.24) is 10.6 Å². The summed E-state index contributed by atoms with van der Waals surface area (Å²) in [7, 11) is 0. The lowest BCUT2D eigenvalue weighted by Gasteiger charge is -2.23. The Kier molecular flexibility index (Phi) is 4.08. The van der Waals surface area contributed by atoms with E-state index < -0.39 is 0 Å². The Hall–Kier alpha value is -0.570. The van der Waals surface area contributed by atoms with Crippen molar-refractivity contribution in [3.05, 3.63) is 0 Å². The van der Waals surface area contributed by atoms with Gasteiger partial charge in [0.1, 0.15) is 0 Å². The molecule has 1 atom stereocenters. The highest BCUT2D eigenvalue weighted by Crippen LogP contribution is 2.05. The first kappa shape index (κ1) is 9.52. The Labute approximate surface area is 73.9 Å². The zero-order valence-corrected chi connectivity index (χ0v) is 7.73. The normalized spacial score (nSPS) is 23.6. The molecule has 3 heteroatoms. The molecule has 0 bridgehead atoms. The Bertz CT molecular complexity index is 141. The van der Waals surface area contributed by atoms with Crippen LogP contribution in [-0.2, 0) is 4.79 Å². The number of piperidine rings is 1. The lowest BCUT2D eigenvalue weighted by Crippen LogP contribution is -2.43. The van der Waals surface area contributed by atoms with Crippen LogP contribution in [0.25, 0.3) is 0 Å². The molecule has 0 aromatic rings. The van der Waals surface area contributed by atoms with Crippen molar-refractivity contribution in [2.45, 2.75) is 38.6 Å². The van der Waals surface area contributed by atoms with Gasteiger partial charge in [0.15, 0.2) is 0 Å². The monoisotopic (exact) mass is 170 g/mol. The van der Waals surface area contributed by atoms with Crippen LogP contribution in [0.15, 0.2) is 0 Å². The van der Waals surface area contributed by atoms with Gasteiger partial charge in [-0.15, -0.1) is 0 Å². The lowest BCUT2D eigenvalue weighted by molar-refractivity contribution is -0.120. The maximum atomic E-state index is 10.9. The average molecular weight is 170 g/mol. The molecule has 1 rings (SSSR count). The molecule has 0 aromatic carbocycles. The van der Waals surface area contributed by atoms with Gasteiger partial charge >= 0.3 is 0 Å². The van der Waals surface area contributed by atoms with Gasteiger partial charge < -0.3 is 10.6 Å². The summed E-state index contributed by atoms with van der Waals surface area (Å²) in [4.78, 5) is 10.9. The fourth-order valence-corrected chi connectivity index (χ4v) is 1.46. The molecular weight excluding hydrogens is 152 g/mol. The standard InChI is InChI=1S/C9H18N2O/c1-2-9(12)11-7-8-5-3-4-6-10-8/h8,10H,2-7H2,1H3,(H,11,12)/t8-/m0/s1. The molecule has 0 aromatic heterocycles. The van der Waals surface area contributed by atoms with E-state index in [9.17, 15) is 4.79 Å². The summed E-state index contributed by atoms with van der Waals surface area (Å²) in [6.07, 6.45) is 4.36. The molecule has 70 valence electrons. The maximum Gasteiger partial charge on any atom is 0.219 e. The largest absolute Gasteiger partial charge is 0.355 e. The van der Waals surface area contributed by atoms with Gasteiger partial charge in [-0.1, -0.05) is 13.3 Å². The van der Waals surface area contributed by atoms with Gasteiger partial charge in [-0.2, -0.15) is 0 Å². The van der Waals surface area contributed by atoms with Crippen molar-refractivity contribution in [2.75, 3.05) is 13.1 Å². The van der Waals surface area contributed by atoms with Crippen molar-refractivity contribution in [3.63, 3.8) is 0 Å². The van der Waals surface area contributed by atoms with E-state index in [-0.39, 0.29) is 5.91 Å². The van der Waals surface area contributed by atoms with Crippen LogP contribution in [0, 0.1) is 0 Å². The third-order valence-electron chi connectivity index (χ3n) is 2.28. The van der Waals surface area contributed by atoms with Crippen molar-refractivity contribution in [1.29, 1.82) is 0 Å². The highest BCUT2D eigenvalue weighted by atomic mass is 16.1. The second kappa shape index (κ2) is 5.14. The van der Waals surface area contributed by atoms with Gasteiger partial charge in [-0.25, -0.2) is 0 Å².